The van der Waals surface area contributed by atoms with Crippen molar-refractivity contribution >= 4 is 23.1 Å². The highest BCUT2D eigenvalue weighted by Gasteiger charge is 2.31. The van der Waals surface area contributed by atoms with E-state index in [9.17, 15) is 9.59 Å². The first-order chi connectivity index (χ1) is 10.5. The van der Waals surface area contributed by atoms with E-state index >= 15 is 0 Å². The molecule has 0 aromatic heterocycles. The average molecular weight is 292 g/mol. The standard InChI is InChI=1S/C18H16N2O2/c1-11(20(2)3)19-15-10-6-9-14-16(15)18(22)13-8-5-4-7-12(13)17(14)21/h4-10H,1-3H3. The highest BCUT2D eigenvalue weighted by atomic mass is 16.1. The Morgan fingerprint density at radius 2 is 1.45 bits per heavy atom. The van der Waals surface area contributed by atoms with Crippen molar-refractivity contribution in [2.24, 2.45) is 4.99 Å². The molecule has 110 valence electrons. The van der Waals surface area contributed by atoms with Gasteiger partial charge in [0.2, 0.25) is 0 Å². The second-order valence-corrected chi connectivity index (χ2v) is 5.46. The van der Waals surface area contributed by atoms with Crippen molar-refractivity contribution in [2.45, 2.75) is 6.92 Å². The van der Waals surface area contributed by atoms with Gasteiger partial charge in [-0.2, -0.15) is 0 Å². The third-order valence-electron chi connectivity index (χ3n) is 3.86. The number of carbonyl (C=O) groups excluding carboxylic acids is 2. The van der Waals surface area contributed by atoms with Crippen LogP contribution in [0.4, 0.5) is 5.69 Å². The third kappa shape index (κ3) is 2.13. The van der Waals surface area contributed by atoms with Gasteiger partial charge in [-0.05, 0) is 13.0 Å². The summed E-state index contributed by atoms with van der Waals surface area (Å²) in [4.78, 5) is 31.8. The predicted octanol–water partition coefficient (Wildman–Crippen LogP) is 3.07. The molecule has 0 spiro atoms. The van der Waals surface area contributed by atoms with E-state index in [0.29, 0.717) is 27.9 Å². The Balaban J connectivity index is 2.24. The van der Waals surface area contributed by atoms with Gasteiger partial charge in [-0.1, -0.05) is 36.4 Å². The first-order valence-corrected chi connectivity index (χ1v) is 7.04. The lowest BCUT2D eigenvalue weighted by molar-refractivity contribution is 0.0979. The van der Waals surface area contributed by atoms with Crippen molar-refractivity contribution in [3.05, 3.63) is 64.7 Å². The molecule has 0 saturated carbocycles. The maximum absolute atomic E-state index is 12.8. The number of hydrogen-bond donors (Lipinski definition) is 0. The Morgan fingerprint density at radius 3 is 2.09 bits per heavy atom. The van der Waals surface area contributed by atoms with Gasteiger partial charge < -0.3 is 4.90 Å². The number of amidine groups is 1. The van der Waals surface area contributed by atoms with Crippen molar-refractivity contribution in [3.8, 4) is 0 Å². The third-order valence-corrected chi connectivity index (χ3v) is 3.86. The van der Waals surface area contributed by atoms with Gasteiger partial charge in [-0.25, -0.2) is 4.99 Å². The van der Waals surface area contributed by atoms with Crippen molar-refractivity contribution in [3.63, 3.8) is 0 Å². The number of carbonyl (C=O) groups is 2. The molecule has 0 saturated heterocycles. The zero-order valence-electron chi connectivity index (χ0n) is 12.8. The molecule has 0 bridgehead atoms. The summed E-state index contributed by atoms with van der Waals surface area (Å²) >= 11 is 0. The van der Waals surface area contributed by atoms with Crippen molar-refractivity contribution in [1.29, 1.82) is 0 Å². The van der Waals surface area contributed by atoms with E-state index in [1.54, 1.807) is 42.5 Å². The Kier molecular flexibility index (Phi) is 3.37. The number of ketones is 2. The Morgan fingerprint density at radius 1 is 0.864 bits per heavy atom. The second kappa shape index (κ2) is 5.22. The van der Waals surface area contributed by atoms with Crippen LogP contribution in [0.25, 0.3) is 0 Å². The van der Waals surface area contributed by atoms with E-state index in [1.807, 2.05) is 25.9 Å². The lowest BCUT2D eigenvalue weighted by atomic mass is 9.83. The molecule has 4 heteroatoms. The summed E-state index contributed by atoms with van der Waals surface area (Å²) in [6.45, 7) is 1.86. The summed E-state index contributed by atoms with van der Waals surface area (Å²) in [6.07, 6.45) is 0. The molecular formula is C18H16N2O2. The van der Waals surface area contributed by atoms with Crippen LogP contribution in [0, 0.1) is 0 Å². The van der Waals surface area contributed by atoms with Gasteiger partial charge in [0.25, 0.3) is 0 Å². The van der Waals surface area contributed by atoms with Crippen molar-refractivity contribution in [2.75, 3.05) is 14.1 Å². The van der Waals surface area contributed by atoms with E-state index in [4.69, 9.17) is 0 Å². The molecule has 0 aliphatic heterocycles. The summed E-state index contributed by atoms with van der Waals surface area (Å²) in [7, 11) is 3.77. The van der Waals surface area contributed by atoms with Crippen molar-refractivity contribution < 1.29 is 9.59 Å². The van der Waals surface area contributed by atoms with Crippen LogP contribution in [0.1, 0.15) is 38.8 Å². The molecule has 4 nitrogen and oxygen atoms in total. The first kappa shape index (κ1) is 14.2. The van der Waals surface area contributed by atoms with Crippen LogP contribution in [-0.2, 0) is 0 Å². The molecule has 0 atom stereocenters. The minimum Gasteiger partial charge on any atom is -0.366 e. The summed E-state index contributed by atoms with van der Waals surface area (Å²) in [5.74, 6) is 0.508. The van der Waals surface area contributed by atoms with E-state index in [1.165, 1.54) is 0 Å². The molecule has 3 rings (SSSR count). The van der Waals surface area contributed by atoms with Gasteiger partial charge in [-0.15, -0.1) is 0 Å². The van der Waals surface area contributed by atoms with Gasteiger partial charge in [-0.3, -0.25) is 9.59 Å². The smallest absolute Gasteiger partial charge is 0.196 e. The molecule has 22 heavy (non-hydrogen) atoms. The van der Waals surface area contributed by atoms with Gasteiger partial charge in [0.05, 0.1) is 11.3 Å². The van der Waals surface area contributed by atoms with Gasteiger partial charge in [0.15, 0.2) is 11.6 Å². The van der Waals surface area contributed by atoms with E-state index in [2.05, 4.69) is 4.99 Å². The van der Waals surface area contributed by atoms with Crippen LogP contribution in [0.3, 0.4) is 0 Å². The molecular weight excluding hydrogens is 276 g/mol. The monoisotopic (exact) mass is 292 g/mol. The van der Waals surface area contributed by atoms with E-state index < -0.39 is 0 Å². The molecule has 0 unspecified atom stereocenters. The minimum atomic E-state index is -0.142. The summed E-state index contributed by atoms with van der Waals surface area (Å²) < 4.78 is 0. The molecule has 2 aromatic rings. The minimum absolute atomic E-state index is 0.121. The summed E-state index contributed by atoms with van der Waals surface area (Å²) in [6, 6.07) is 12.1. The molecule has 0 fully saturated rings. The summed E-state index contributed by atoms with van der Waals surface area (Å²) in [5.41, 5.74) is 2.27. The fourth-order valence-corrected chi connectivity index (χ4v) is 2.49. The van der Waals surface area contributed by atoms with Crippen LogP contribution in [0.2, 0.25) is 0 Å². The molecule has 1 aliphatic rings. The highest BCUT2D eigenvalue weighted by Crippen LogP contribution is 2.33. The zero-order valence-corrected chi connectivity index (χ0v) is 12.8. The Bertz CT molecular complexity index is 820. The molecule has 0 radical (unpaired) electrons. The van der Waals surface area contributed by atoms with Crippen LogP contribution >= 0.6 is 0 Å². The second-order valence-electron chi connectivity index (χ2n) is 5.46. The van der Waals surface area contributed by atoms with Crippen LogP contribution in [0.15, 0.2) is 47.5 Å². The molecule has 0 amide bonds. The van der Waals surface area contributed by atoms with Crippen LogP contribution in [0.5, 0.6) is 0 Å². The maximum Gasteiger partial charge on any atom is 0.196 e. The van der Waals surface area contributed by atoms with Gasteiger partial charge in [0, 0.05) is 30.8 Å². The highest BCUT2D eigenvalue weighted by molar-refractivity contribution is 6.30. The number of aliphatic imine (C=N–C) groups is 1. The van der Waals surface area contributed by atoms with Gasteiger partial charge >= 0.3 is 0 Å². The van der Waals surface area contributed by atoms with Crippen LogP contribution in [-0.4, -0.2) is 36.4 Å². The normalized spacial score (nSPS) is 13.7. The van der Waals surface area contributed by atoms with E-state index in [-0.39, 0.29) is 11.6 Å². The fraction of sp³-hybridized carbons (Fsp3) is 0.167. The number of hydrogen-bond acceptors (Lipinski definition) is 3. The average Bonchev–Trinajstić information content (AvgIpc) is 2.52. The lowest BCUT2D eigenvalue weighted by Crippen LogP contribution is -2.22. The molecule has 1 aliphatic carbocycles. The lowest BCUT2D eigenvalue weighted by Gasteiger charge is -2.19. The SMILES string of the molecule is CC(=Nc1cccc2c1C(=O)c1ccccc1C2=O)N(C)C. The van der Waals surface area contributed by atoms with Crippen LogP contribution < -0.4 is 0 Å². The maximum atomic E-state index is 12.8. The molecule has 0 heterocycles. The van der Waals surface area contributed by atoms with Crippen molar-refractivity contribution in [1.82, 2.24) is 4.90 Å². The molecule has 0 N–H and O–H groups in total. The quantitative estimate of drug-likeness (QED) is 0.511. The largest absolute Gasteiger partial charge is 0.366 e. The Labute approximate surface area is 129 Å². The summed E-state index contributed by atoms with van der Waals surface area (Å²) in [5, 5.41) is 0. The first-order valence-electron chi connectivity index (χ1n) is 7.04. The number of fused-ring (bicyclic) bond motifs is 2. The zero-order chi connectivity index (χ0) is 15.9. The number of nitrogens with zero attached hydrogens (tertiary/aromatic N) is 2. The topological polar surface area (TPSA) is 49.7 Å². The van der Waals surface area contributed by atoms with E-state index in [0.717, 1.165) is 5.84 Å². The van der Waals surface area contributed by atoms with Gasteiger partial charge in [0.1, 0.15) is 5.84 Å². The molecule has 2 aromatic carbocycles. The number of benzene rings is 2. The fourth-order valence-electron chi connectivity index (χ4n) is 2.49. The number of rotatable bonds is 1. The Hall–Kier alpha value is -2.75. The predicted molar refractivity (Wildman–Crippen MR) is 86.2 cm³/mol.